The van der Waals surface area contributed by atoms with E-state index in [1.165, 1.54) is 0 Å². The smallest absolute Gasteiger partial charge is 0.171 e. The Kier molecular flexibility index (Phi) is 3.14. The van der Waals surface area contributed by atoms with E-state index in [2.05, 4.69) is 5.10 Å². The van der Waals surface area contributed by atoms with Crippen LogP contribution in [-0.2, 0) is 7.05 Å². The van der Waals surface area contributed by atoms with Gasteiger partial charge in [0.2, 0.25) is 0 Å². The van der Waals surface area contributed by atoms with Crippen molar-refractivity contribution in [1.29, 1.82) is 0 Å². The van der Waals surface area contributed by atoms with E-state index < -0.39 is 0 Å². The summed E-state index contributed by atoms with van der Waals surface area (Å²) < 4.78 is 12.8. The van der Waals surface area contributed by atoms with Crippen molar-refractivity contribution in [3.8, 4) is 17.2 Å². The molecule has 1 heterocycles. The number of anilines is 1. The molecule has 0 amide bonds. The van der Waals surface area contributed by atoms with Crippen LogP contribution >= 0.6 is 0 Å². The van der Waals surface area contributed by atoms with E-state index in [4.69, 9.17) is 15.2 Å². The molecule has 96 valence electrons. The lowest BCUT2D eigenvalue weighted by molar-refractivity contribution is 0.409. The Morgan fingerprint density at radius 1 is 1.17 bits per heavy atom. The first-order valence-electron chi connectivity index (χ1n) is 5.64. The lowest BCUT2D eigenvalue weighted by Crippen LogP contribution is -1.94. The predicted molar refractivity (Wildman–Crippen MR) is 70.2 cm³/mol. The highest BCUT2D eigenvalue weighted by molar-refractivity contribution is 5.52. The predicted octanol–water partition coefficient (Wildman–Crippen LogP) is 2.42. The summed E-state index contributed by atoms with van der Waals surface area (Å²) >= 11 is 0. The fraction of sp³-hybridized carbons (Fsp3) is 0.308. The van der Waals surface area contributed by atoms with Gasteiger partial charge in [-0.3, -0.25) is 4.68 Å². The van der Waals surface area contributed by atoms with Crippen LogP contribution in [0.5, 0.6) is 17.2 Å². The monoisotopic (exact) mass is 247 g/mol. The third-order valence-corrected chi connectivity index (χ3v) is 2.80. The maximum atomic E-state index is 5.84. The number of hydrogen-bond donors (Lipinski definition) is 1. The number of methoxy groups -OCH3 is 1. The first-order chi connectivity index (χ1) is 8.51. The Morgan fingerprint density at radius 3 is 2.39 bits per heavy atom. The Bertz CT molecular complexity index is 576. The number of aromatic nitrogens is 2. The molecule has 0 aliphatic heterocycles. The molecule has 0 fully saturated rings. The molecule has 2 rings (SSSR count). The first-order valence-corrected chi connectivity index (χ1v) is 5.64. The molecule has 2 N–H and O–H groups in total. The van der Waals surface area contributed by atoms with Crippen molar-refractivity contribution >= 4 is 5.69 Å². The molecule has 0 aliphatic carbocycles. The van der Waals surface area contributed by atoms with Gasteiger partial charge in [-0.05, 0) is 13.8 Å². The van der Waals surface area contributed by atoms with E-state index in [9.17, 15) is 0 Å². The van der Waals surface area contributed by atoms with Gasteiger partial charge in [0.15, 0.2) is 5.75 Å². The summed E-state index contributed by atoms with van der Waals surface area (Å²) in [4.78, 5) is 0. The zero-order valence-electron chi connectivity index (χ0n) is 11.0. The Hall–Kier alpha value is -2.17. The van der Waals surface area contributed by atoms with Crippen molar-refractivity contribution in [2.24, 2.45) is 7.05 Å². The topological polar surface area (TPSA) is 62.3 Å². The van der Waals surface area contributed by atoms with Crippen LogP contribution in [0.1, 0.15) is 11.4 Å². The van der Waals surface area contributed by atoms with E-state index in [1.54, 1.807) is 30.0 Å². The maximum Gasteiger partial charge on any atom is 0.171 e. The minimum Gasteiger partial charge on any atom is -0.497 e. The molecular formula is C13H17N3O2. The molecular weight excluding hydrogens is 230 g/mol. The summed E-state index contributed by atoms with van der Waals surface area (Å²) in [6, 6.07) is 5.30. The standard InChI is InChI=1S/C13H17N3O2/c1-8-13(9(2)16(3)15-8)18-12-6-10(14)5-11(7-12)17-4/h5-7H,14H2,1-4H3. The van der Waals surface area contributed by atoms with Gasteiger partial charge in [-0.15, -0.1) is 0 Å². The van der Waals surface area contributed by atoms with Crippen LogP contribution in [0.4, 0.5) is 5.69 Å². The van der Waals surface area contributed by atoms with Crippen LogP contribution in [0, 0.1) is 13.8 Å². The van der Waals surface area contributed by atoms with Crippen LogP contribution in [0.2, 0.25) is 0 Å². The number of nitrogens with two attached hydrogens (primary N) is 1. The van der Waals surface area contributed by atoms with Gasteiger partial charge in [-0.2, -0.15) is 5.10 Å². The molecule has 0 aliphatic rings. The molecule has 0 saturated heterocycles. The SMILES string of the molecule is COc1cc(N)cc(Oc2c(C)nn(C)c2C)c1. The average Bonchev–Trinajstić information content (AvgIpc) is 2.55. The fourth-order valence-electron chi connectivity index (χ4n) is 1.79. The minimum absolute atomic E-state index is 0.601. The number of benzene rings is 1. The highest BCUT2D eigenvalue weighted by Crippen LogP contribution is 2.31. The van der Waals surface area contributed by atoms with Crippen LogP contribution < -0.4 is 15.2 Å². The van der Waals surface area contributed by atoms with Crippen molar-refractivity contribution in [3.63, 3.8) is 0 Å². The lowest BCUT2D eigenvalue weighted by Gasteiger charge is -2.09. The highest BCUT2D eigenvalue weighted by atomic mass is 16.5. The summed E-state index contributed by atoms with van der Waals surface area (Å²) in [7, 11) is 3.48. The second-order valence-electron chi connectivity index (χ2n) is 4.17. The second kappa shape index (κ2) is 4.60. The molecule has 0 saturated carbocycles. The first kappa shape index (κ1) is 12.3. The van der Waals surface area contributed by atoms with Crippen LogP contribution in [-0.4, -0.2) is 16.9 Å². The molecule has 2 aromatic rings. The Morgan fingerprint density at radius 2 is 1.83 bits per heavy atom. The number of hydrogen-bond acceptors (Lipinski definition) is 4. The molecule has 5 heteroatoms. The normalized spacial score (nSPS) is 10.4. The minimum atomic E-state index is 0.601. The van der Waals surface area contributed by atoms with E-state index in [-0.39, 0.29) is 0 Å². The summed E-state index contributed by atoms with van der Waals surface area (Å²) in [5.74, 6) is 2.07. The van der Waals surface area contributed by atoms with Crippen LogP contribution in [0.15, 0.2) is 18.2 Å². The zero-order chi connectivity index (χ0) is 13.3. The highest BCUT2D eigenvalue weighted by Gasteiger charge is 2.12. The summed E-state index contributed by atoms with van der Waals surface area (Å²) in [5.41, 5.74) is 8.20. The lowest BCUT2D eigenvalue weighted by atomic mass is 10.3. The number of nitrogen functional groups attached to an aromatic ring is 1. The van der Waals surface area contributed by atoms with Crippen molar-refractivity contribution in [2.75, 3.05) is 12.8 Å². The van der Waals surface area contributed by atoms with E-state index in [1.807, 2.05) is 20.9 Å². The zero-order valence-corrected chi connectivity index (χ0v) is 11.0. The summed E-state index contributed by atoms with van der Waals surface area (Å²) in [6.45, 7) is 3.87. The second-order valence-corrected chi connectivity index (χ2v) is 4.17. The average molecular weight is 247 g/mol. The van der Waals surface area contributed by atoms with Gasteiger partial charge in [0.25, 0.3) is 0 Å². The van der Waals surface area contributed by atoms with E-state index in [0.717, 1.165) is 17.1 Å². The molecule has 0 radical (unpaired) electrons. The Balaban J connectivity index is 2.36. The van der Waals surface area contributed by atoms with Gasteiger partial charge in [0.1, 0.15) is 17.2 Å². The molecule has 1 aromatic heterocycles. The van der Waals surface area contributed by atoms with Gasteiger partial charge >= 0.3 is 0 Å². The molecule has 18 heavy (non-hydrogen) atoms. The molecule has 0 unspecified atom stereocenters. The molecule has 1 aromatic carbocycles. The van der Waals surface area contributed by atoms with Crippen molar-refractivity contribution < 1.29 is 9.47 Å². The largest absolute Gasteiger partial charge is 0.497 e. The number of aryl methyl sites for hydroxylation is 2. The fourth-order valence-corrected chi connectivity index (χ4v) is 1.79. The number of nitrogens with zero attached hydrogens (tertiary/aromatic N) is 2. The van der Waals surface area contributed by atoms with Crippen molar-refractivity contribution in [2.45, 2.75) is 13.8 Å². The van der Waals surface area contributed by atoms with E-state index in [0.29, 0.717) is 17.2 Å². The third kappa shape index (κ3) is 2.25. The van der Waals surface area contributed by atoms with Crippen LogP contribution in [0.3, 0.4) is 0 Å². The molecule has 5 nitrogen and oxygen atoms in total. The number of ether oxygens (including phenoxy) is 2. The Labute approximate surface area is 106 Å². The van der Waals surface area contributed by atoms with Crippen molar-refractivity contribution in [3.05, 3.63) is 29.6 Å². The van der Waals surface area contributed by atoms with E-state index >= 15 is 0 Å². The molecule has 0 bridgehead atoms. The van der Waals surface area contributed by atoms with Crippen molar-refractivity contribution in [1.82, 2.24) is 9.78 Å². The summed E-state index contributed by atoms with van der Waals surface area (Å²) in [6.07, 6.45) is 0. The molecule has 0 atom stereocenters. The van der Waals surface area contributed by atoms with Gasteiger partial charge in [-0.25, -0.2) is 0 Å². The third-order valence-electron chi connectivity index (χ3n) is 2.80. The summed E-state index contributed by atoms with van der Waals surface area (Å²) in [5, 5.41) is 4.30. The van der Waals surface area contributed by atoms with Gasteiger partial charge in [0, 0.05) is 30.9 Å². The van der Waals surface area contributed by atoms with Gasteiger partial charge < -0.3 is 15.2 Å². The number of rotatable bonds is 3. The van der Waals surface area contributed by atoms with Crippen LogP contribution in [0.25, 0.3) is 0 Å². The maximum absolute atomic E-state index is 5.84. The van der Waals surface area contributed by atoms with Gasteiger partial charge in [0.05, 0.1) is 12.8 Å². The molecule has 0 spiro atoms. The quantitative estimate of drug-likeness (QED) is 0.846. The van der Waals surface area contributed by atoms with Gasteiger partial charge in [-0.1, -0.05) is 0 Å².